The van der Waals surface area contributed by atoms with E-state index < -0.39 is 11.6 Å². The van der Waals surface area contributed by atoms with Crippen molar-refractivity contribution in [1.82, 2.24) is 0 Å². The molecule has 1 nitrogen and oxygen atoms in total. The second-order valence-corrected chi connectivity index (χ2v) is 2.72. The van der Waals surface area contributed by atoms with Crippen LogP contribution in [0.3, 0.4) is 0 Å². The minimum Gasteiger partial charge on any atom is -0.318 e. The van der Waals surface area contributed by atoms with Crippen molar-refractivity contribution in [2.45, 2.75) is 13.0 Å². The number of hydrogen-bond acceptors (Lipinski definition) is 1. The Labute approximate surface area is 75.6 Å². The lowest BCUT2D eigenvalue weighted by atomic mass is 10.2. The molecule has 0 fully saturated rings. The van der Waals surface area contributed by atoms with E-state index in [1.807, 2.05) is 0 Å². The highest BCUT2D eigenvalue weighted by Gasteiger charge is 1.97. The van der Waals surface area contributed by atoms with Crippen molar-refractivity contribution in [1.29, 1.82) is 0 Å². The van der Waals surface area contributed by atoms with Crippen LogP contribution in [0.15, 0.2) is 18.2 Å². The Morgan fingerprint density at radius 1 is 1.23 bits per heavy atom. The van der Waals surface area contributed by atoms with Gasteiger partial charge >= 0.3 is 0 Å². The van der Waals surface area contributed by atoms with E-state index in [9.17, 15) is 8.78 Å². The maximum atomic E-state index is 12.6. The lowest BCUT2D eigenvalue weighted by Crippen LogP contribution is -2.10. The van der Waals surface area contributed by atoms with Gasteiger partial charge in [-0.05, 0) is 19.1 Å². The Morgan fingerprint density at radius 3 is 2.23 bits per heavy atom. The first-order valence-corrected chi connectivity index (χ1v) is 3.81. The highest BCUT2D eigenvalue weighted by Crippen LogP contribution is 2.06. The summed E-state index contributed by atoms with van der Waals surface area (Å²) in [5, 5.41) is 0. The number of rotatable bonds is 0. The average Bonchev–Trinajstić information content (AvgIpc) is 1.99. The van der Waals surface area contributed by atoms with Crippen molar-refractivity contribution in [3.63, 3.8) is 0 Å². The van der Waals surface area contributed by atoms with Crippen LogP contribution in [-0.2, 0) is 0 Å². The molecule has 0 aliphatic heterocycles. The van der Waals surface area contributed by atoms with E-state index in [2.05, 4.69) is 11.8 Å². The van der Waals surface area contributed by atoms with Crippen LogP contribution >= 0.6 is 0 Å². The predicted octanol–water partition coefficient (Wildman–Crippen LogP) is 1.66. The van der Waals surface area contributed by atoms with Gasteiger partial charge in [-0.25, -0.2) is 8.78 Å². The zero-order chi connectivity index (χ0) is 9.84. The molecule has 0 saturated carbocycles. The molecule has 68 valence electrons. The fourth-order valence-corrected chi connectivity index (χ4v) is 0.823. The SMILES string of the molecule is CC(N)C#Cc1cc(F)cc(F)c1. The van der Waals surface area contributed by atoms with Crippen LogP contribution in [0, 0.1) is 23.5 Å². The van der Waals surface area contributed by atoms with E-state index in [1.165, 1.54) is 12.1 Å². The van der Waals surface area contributed by atoms with Crippen molar-refractivity contribution < 1.29 is 8.78 Å². The summed E-state index contributed by atoms with van der Waals surface area (Å²) in [5.74, 6) is 3.92. The first-order valence-electron chi connectivity index (χ1n) is 3.81. The molecule has 0 bridgehead atoms. The smallest absolute Gasteiger partial charge is 0.127 e. The first kappa shape index (κ1) is 9.69. The summed E-state index contributed by atoms with van der Waals surface area (Å²) in [5.41, 5.74) is 5.66. The number of nitrogens with two attached hydrogens (primary N) is 1. The molecule has 0 aliphatic carbocycles. The summed E-state index contributed by atoms with van der Waals surface area (Å²) >= 11 is 0. The van der Waals surface area contributed by atoms with Crippen LogP contribution in [-0.4, -0.2) is 6.04 Å². The average molecular weight is 181 g/mol. The van der Waals surface area contributed by atoms with E-state index in [0.717, 1.165) is 6.07 Å². The van der Waals surface area contributed by atoms with Crippen molar-refractivity contribution in [2.24, 2.45) is 5.73 Å². The van der Waals surface area contributed by atoms with E-state index in [4.69, 9.17) is 5.73 Å². The maximum absolute atomic E-state index is 12.6. The molecule has 0 amide bonds. The quantitative estimate of drug-likeness (QED) is 0.605. The molecule has 13 heavy (non-hydrogen) atoms. The third-order valence-corrected chi connectivity index (χ3v) is 1.31. The second kappa shape index (κ2) is 4.01. The number of halogens is 2. The third kappa shape index (κ3) is 3.22. The monoisotopic (exact) mass is 181 g/mol. The summed E-state index contributed by atoms with van der Waals surface area (Å²) < 4.78 is 25.2. The van der Waals surface area contributed by atoms with Gasteiger partial charge in [-0.3, -0.25) is 0 Å². The van der Waals surface area contributed by atoms with Crippen LogP contribution in [0.1, 0.15) is 12.5 Å². The molecular weight excluding hydrogens is 172 g/mol. The Balaban J connectivity index is 2.98. The molecule has 0 spiro atoms. The molecule has 1 aromatic rings. The van der Waals surface area contributed by atoms with Gasteiger partial charge in [0.05, 0.1) is 6.04 Å². The molecule has 1 rings (SSSR count). The molecule has 0 heterocycles. The molecule has 2 N–H and O–H groups in total. The fraction of sp³-hybridized carbons (Fsp3) is 0.200. The van der Waals surface area contributed by atoms with E-state index in [0.29, 0.717) is 5.56 Å². The summed E-state index contributed by atoms with van der Waals surface area (Å²) in [6.45, 7) is 1.70. The maximum Gasteiger partial charge on any atom is 0.127 e. The minimum atomic E-state index is -0.631. The van der Waals surface area contributed by atoms with Crippen molar-refractivity contribution in [3.05, 3.63) is 35.4 Å². The Kier molecular flexibility index (Phi) is 2.99. The molecule has 1 atom stereocenters. The van der Waals surface area contributed by atoms with Gasteiger partial charge in [0.1, 0.15) is 11.6 Å². The van der Waals surface area contributed by atoms with E-state index in [1.54, 1.807) is 6.92 Å². The van der Waals surface area contributed by atoms with E-state index >= 15 is 0 Å². The summed E-state index contributed by atoms with van der Waals surface area (Å²) in [7, 11) is 0. The van der Waals surface area contributed by atoms with Gasteiger partial charge in [0.25, 0.3) is 0 Å². The molecular formula is C10H9F2N. The predicted molar refractivity (Wildman–Crippen MR) is 46.9 cm³/mol. The van der Waals surface area contributed by atoms with Crippen molar-refractivity contribution in [2.75, 3.05) is 0 Å². The molecule has 0 aliphatic rings. The van der Waals surface area contributed by atoms with Crippen molar-refractivity contribution in [3.8, 4) is 11.8 Å². The Hall–Kier alpha value is -1.40. The van der Waals surface area contributed by atoms with Crippen LogP contribution in [0.5, 0.6) is 0 Å². The van der Waals surface area contributed by atoms with Crippen LogP contribution < -0.4 is 5.73 Å². The zero-order valence-electron chi connectivity index (χ0n) is 7.14. The van der Waals surface area contributed by atoms with Gasteiger partial charge in [-0.2, -0.15) is 0 Å². The molecule has 0 aromatic heterocycles. The summed E-state index contributed by atoms with van der Waals surface area (Å²) in [6, 6.07) is 2.83. The van der Waals surface area contributed by atoms with Crippen LogP contribution in [0.4, 0.5) is 8.78 Å². The van der Waals surface area contributed by atoms with Gasteiger partial charge in [0.15, 0.2) is 0 Å². The van der Waals surface area contributed by atoms with Gasteiger partial charge in [0.2, 0.25) is 0 Å². The third-order valence-electron chi connectivity index (χ3n) is 1.31. The molecule has 1 unspecified atom stereocenters. The lowest BCUT2D eigenvalue weighted by Gasteiger charge is -1.93. The second-order valence-electron chi connectivity index (χ2n) is 2.72. The highest BCUT2D eigenvalue weighted by molar-refractivity contribution is 5.35. The van der Waals surface area contributed by atoms with E-state index in [-0.39, 0.29) is 6.04 Å². The van der Waals surface area contributed by atoms with Crippen LogP contribution in [0.25, 0.3) is 0 Å². The first-order chi connectivity index (χ1) is 6.08. The summed E-state index contributed by atoms with van der Waals surface area (Å²) in [6.07, 6.45) is 0. The highest BCUT2D eigenvalue weighted by atomic mass is 19.1. The fourth-order valence-electron chi connectivity index (χ4n) is 0.823. The van der Waals surface area contributed by atoms with Gasteiger partial charge < -0.3 is 5.73 Å². The molecule has 1 aromatic carbocycles. The Bertz CT molecular complexity index is 341. The number of benzene rings is 1. The topological polar surface area (TPSA) is 26.0 Å². The largest absolute Gasteiger partial charge is 0.318 e. The minimum absolute atomic E-state index is 0.300. The zero-order valence-corrected chi connectivity index (χ0v) is 7.14. The van der Waals surface area contributed by atoms with Crippen molar-refractivity contribution >= 4 is 0 Å². The standard InChI is InChI=1S/C10H9F2N/c1-7(13)2-3-8-4-9(11)6-10(12)5-8/h4-7H,13H2,1H3. The van der Waals surface area contributed by atoms with Crippen LogP contribution in [0.2, 0.25) is 0 Å². The molecule has 3 heteroatoms. The normalized spacial score (nSPS) is 11.7. The Morgan fingerprint density at radius 2 is 1.77 bits per heavy atom. The van der Waals surface area contributed by atoms with Gasteiger partial charge in [-0.15, -0.1) is 0 Å². The summed E-state index contributed by atoms with van der Waals surface area (Å²) in [4.78, 5) is 0. The van der Waals surface area contributed by atoms with Gasteiger partial charge in [-0.1, -0.05) is 11.8 Å². The van der Waals surface area contributed by atoms with Gasteiger partial charge in [0, 0.05) is 11.6 Å². The molecule has 0 radical (unpaired) electrons. The lowest BCUT2D eigenvalue weighted by molar-refractivity contribution is 0.582. The molecule has 0 saturated heterocycles. The number of hydrogen-bond donors (Lipinski definition) is 1.